The van der Waals surface area contributed by atoms with Crippen molar-refractivity contribution in [1.29, 1.82) is 0 Å². The number of hydrogen-bond donors (Lipinski definition) is 2. The lowest BCUT2D eigenvalue weighted by molar-refractivity contribution is 0.102. The highest BCUT2D eigenvalue weighted by atomic mass is 127. The largest absolute Gasteiger partial charge is 0.330 e. The van der Waals surface area contributed by atoms with E-state index in [1.165, 1.54) is 0 Å². The molecule has 0 bridgehead atoms. The van der Waals surface area contributed by atoms with Gasteiger partial charge in [0.15, 0.2) is 0 Å². The Bertz CT molecular complexity index is 584. The Morgan fingerprint density at radius 3 is 2.68 bits per heavy atom. The monoisotopic (exact) mass is 366 g/mol. The molecule has 0 radical (unpaired) electrons. The Hall–Kier alpha value is -1.40. The molecule has 1 amide bonds. The predicted octanol–water partition coefficient (Wildman–Crippen LogP) is 3.04. The Kier molecular flexibility index (Phi) is 4.93. The molecule has 0 saturated heterocycles. The van der Waals surface area contributed by atoms with Crippen molar-refractivity contribution in [1.82, 2.24) is 0 Å². The van der Waals surface area contributed by atoms with Gasteiger partial charge in [0.2, 0.25) is 0 Å². The van der Waals surface area contributed by atoms with E-state index in [0.29, 0.717) is 18.5 Å². The first-order valence-electron chi connectivity index (χ1n) is 6.05. The minimum atomic E-state index is -0.0916. The summed E-state index contributed by atoms with van der Waals surface area (Å²) in [5, 5.41) is 2.91. The van der Waals surface area contributed by atoms with E-state index in [4.69, 9.17) is 5.73 Å². The Balaban J connectivity index is 2.20. The maximum atomic E-state index is 12.3. The number of nitrogens with two attached hydrogens (primary N) is 1. The van der Waals surface area contributed by atoms with Gasteiger partial charge in [0.25, 0.3) is 5.91 Å². The van der Waals surface area contributed by atoms with Gasteiger partial charge in [0.1, 0.15) is 0 Å². The summed E-state index contributed by atoms with van der Waals surface area (Å²) < 4.78 is 1.09. The molecule has 4 heteroatoms. The molecule has 0 heterocycles. The quantitative estimate of drug-likeness (QED) is 0.818. The van der Waals surface area contributed by atoms with Gasteiger partial charge in [-0.3, -0.25) is 4.79 Å². The Morgan fingerprint density at radius 1 is 1.16 bits per heavy atom. The van der Waals surface area contributed by atoms with E-state index < -0.39 is 0 Å². The smallest absolute Gasteiger partial charge is 0.255 e. The van der Waals surface area contributed by atoms with Crippen molar-refractivity contribution in [2.45, 2.75) is 6.42 Å². The molecule has 2 aromatic carbocycles. The molecule has 0 aliphatic heterocycles. The maximum absolute atomic E-state index is 12.3. The van der Waals surface area contributed by atoms with Crippen molar-refractivity contribution < 1.29 is 4.79 Å². The minimum absolute atomic E-state index is 0.0916. The van der Waals surface area contributed by atoms with E-state index in [1.807, 2.05) is 48.5 Å². The zero-order chi connectivity index (χ0) is 13.7. The number of rotatable bonds is 4. The highest BCUT2D eigenvalue weighted by Gasteiger charge is 2.10. The topological polar surface area (TPSA) is 55.1 Å². The standard InChI is InChI=1S/C15H15IN2O/c16-12-5-3-6-13(10-12)18-15(19)14-7-2-1-4-11(14)8-9-17/h1-7,10H,8-9,17H2,(H,18,19). The summed E-state index contributed by atoms with van der Waals surface area (Å²) in [5.41, 5.74) is 8.04. The SMILES string of the molecule is NCCc1ccccc1C(=O)Nc1cccc(I)c1. The average Bonchev–Trinajstić information content (AvgIpc) is 2.39. The van der Waals surface area contributed by atoms with Crippen molar-refractivity contribution >= 4 is 34.2 Å². The average molecular weight is 366 g/mol. The van der Waals surface area contributed by atoms with Crippen molar-refractivity contribution in [2.75, 3.05) is 11.9 Å². The van der Waals surface area contributed by atoms with E-state index >= 15 is 0 Å². The first-order valence-corrected chi connectivity index (χ1v) is 7.13. The van der Waals surface area contributed by atoms with E-state index in [-0.39, 0.29) is 5.91 Å². The van der Waals surface area contributed by atoms with E-state index in [1.54, 1.807) is 0 Å². The summed E-state index contributed by atoms with van der Waals surface area (Å²) in [6.45, 7) is 0.535. The zero-order valence-corrected chi connectivity index (χ0v) is 12.6. The lowest BCUT2D eigenvalue weighted by Crippen LogP contribution is -2.15. The summed E-state index contributed by atoms with van der Waals surface area (Å²) >= 11 is 2.22. The predicted molar refractivity (Wildman–Crippen MR) is 86.3 cm³/mol. The second-order valence-electron chi connectivity index (χ2n) is 4.16. The lowest BCUT2D eigenvalue weighted by Gasteiger charge is -2.09. The van der Waals surface area contributed by atoms with Crippen LogP contribution in [0.15, 0.2) is 48.5 Å². The number of carbonyl (C=O) groups excluding carboxylic acids is 1. The Morgan fingerprint density at radius 2 is 1.95 bits per heavy atom. The molecular formula is C15H15IN2O. The van der Waals surface area contributed by atoms with Gasteiger partial charge in [-0.25, -0.2) is 0 Å². The van der Waals surface area contributed by atoms with Gasteiger partial charge in [-0.2, -0.15) is 0 Å². The van der Waals surface area contributed by atoms with Crippen LogP contribution >= 0.6 is 22.6 Å². The second kappa shape index (κ2) is 6.68. The lowest BCUT2D eigenvalue weighted by atomic mass is 10.0. The normalized spacial score (nSPS) is 10.2. The fourth-order valence-electron chi connectivity index (χ4n) is 1.88. The molecule has 2 rings (SSSR count). The highest BCUT2D eigenvalue weighted by Crippen LogP contribution is 2.15. The van der Waals surface area contributed by atoms with E-state index in [9.17, 15) is 4.79 Å². The van der Waals surface area contributed by atoms with Crippen LogP contribution in [-0.4, -0.2) is 12.5 Å². The van der Waals surface area contributed by atoms with Crippen LogP contribution in [0.4, 0.5) is 5.69 Å². The summed E-state index contributed by atoms with van der Waals surface area (Å²) in [6.07, 6.45) is 0.704. The van der Waals surface area contributed by atoms with Crippen molar-refractivity contribution in [2.24, 2.45) is 5.73 Å². The highest BCUT2D eigenvalue weighted by molar-refractivity contribution is 14.1. The molecule has 0 aliphatic carbocycles. The van der Waals surface area contributed by atoms with Crippen LogP contribution in [0.25, 0.3) is 0 Å². The fourth-order valence-corrected chi connectivity index (χ4v) is 2.42. The van der Waals surface area contributed by atoms with Gasteiger partial charge in [-0.15, -0.1) is 0 Å². The van der Waals surface area contributed by atoms with Gasteiger partial charge in [0, 0.05) is 14.8 Å². The van der Waals surface area contributed by atoms with E-state index in [0.717, 1.165) is 14.8 Å². The number of anilines is 1. The molecule has 2 aromatic rings. The van der Waals surface area contributed by atoms with Crippen LogP contribution in [-0.2, 0) is 6.42 Å². The molecule has 0 unspecified atom stereocenters. The summed E-state index contributed by atoms with van der Waals surface area (Å²) in [5.74, 6) is -0.0916. The van der Waals surface area contributed by atoms with Crippen LogP contribution in [0.2, 0.25) is 0 Å². The Labute approximate surface area is 126 Å². The number of halogens is 1. The summed E-state index contributed by atoms with van der Waals surface area (Å²) in [6, 6.07) is 15.3. The molecule has 0 spiro atoms. The first-order chi connectivity index (χ1) is 9.20. The second-order valence-corrected chi connectivity index (χ2v) is 5.41. The molecule has 3 nitrogen and oxygen atoms in total. The molecule has 0 saturated carbocycles. The fraction of sp³-hybridized carbons (Fsp3) is 0.133. The zero-order valence-electron chi connectivity index (χ0n) is 10.4. The minimum Gasteiger partial charge on any atom is -0.330 e. The summed E-state index contributed by atoms with van der Waals surface area (Å²) in [7, 11) is 0. The van der Waals surface area contributed by atoms with Crippen LogP contribution in [0.3, 0.4) is 0 Å². The number of benzene rings is 2. The molecule has 0 fully saturated rings. The van der Waals surface area contributed by atoms with Crippen LogP contribution in [0.1, 0.15) is 15.9 Å². The molecule has 0 aromatic heterocycles. The van der Waals surface area contributed by atoms with Crippen molar-refractivity contribution in [3.63, 3.8) is 0 Å². The van der Waals surface area contributed by atoms with Gasteiger partial charge in [0.05, 0.1) is 0 Å². The number of hydrogen-bond acceptors (Lipinski definition) is 2. The van der Waals surface area contributed by atoms with Gasteiger partial charge in [-0.1, -0.05) is 24.3 Å². The third-order valence-electron chi connectivity index (χ3n) is 2.76. The van der Waals surface area contributed by atoms with Crippen LogP contribution in [0.5, 0.6) is 0 Å². The number of carbonyl (C=O) groups is 1. The number of amides is 1. The number of nitrogens with one attached hydrogen (secondary N) is 1. The van der Waals surface area contributed by atoms with Crippen molar-refractivity contribution in [3.8, 4) is 0 Å². The maximum Gasteiger partial charge on any atom is 0.255 e. The van der Waals surface area contributed by atoms with Crippen LogP contribution in [0, 0.1) is 3.57 Å². The first kappa shape index (κ1) is 14.0. The third kappa shape index (κ3) is 3.78. The molecule has 0 aliphatic rings. The third-order valence-corrected chi connectivity index (χ3v) is 3.43. The molecule has 98 valence electrons. The van der Waals surface area contributed by atoms with Gasteiger partial charge < -0.3 is 11.1 Å². The van der Waals surface area contributed by atoms with Crippen LogP contribution < -0.4 is 11.1 Å². The molecular weight excluding hydrogens is 351 g/mol. The van der Waals surface area contributed by atoms with Gasteiger partial charge >= 0.3 is 0 Å². The summed E-state index contributed by atoms with van der Waals surface area (Å²) in [4.78, 5) is 12.3. The van der Waals surface area contributed by atoms with Crippen molar-refractivity contribution in [3.05, 3.63) is 63.2 Å². The molecule has 19 heavy (non-hydrogen) atoms. The molecule has 3 N–H and O–H groups in total. The van der Waals surface area contributed by atoms with Gasteiger partial charge in [-0.05, 0) is 65.4 Å². The molecule has 0 atom stereocenters. The van der Waals surface area contributed by atoms with E-state index in [2.05, 4.69) is 27.9 Å².